The first kappa shape index (κ1) is 19.6. The summed E-state index contributed by atoms with van der Waals surface area (Å²) in [6.45, 7) is 3.18. The molecule has 1 atom stereocenters. The van der Waals surface area contributed by atoms with Crippen molar-refractivity contribution >= 4 is 28.9 Å². The molecule has 1 aliphatic heterocycles. The minimum atomic E-state index is -1.23. The van der Waals surface area contributed by atoms with Gasteiger partial charge in [-0.05, 0) is 37.6 Å². The Kier molecular flexibility index (Phi) is 4.73. The van der Waals surface area contributed by atoms with Gasteiger partial charge in [0.2, 0.25) is 5.91 Å². The van der Waals surface area contributed by atoms with Gasteiger partial charge >= 0.3 is 6.03 Å². The second-order valence-electron chi connectivity index (χ2n) is 7.43. The molecular weight excluding hydrogens is 389 g/mol. The van der Waals surface area contributed by atoms with Crippen molar-refractivity contribution in [1.82, 2.24) is 25.5 Å². The molecule has 1 aromatic heterocycles. The summed E-state index contributed by atoms with van der Waals surface area (Å²) in [7, 11) is 0. The molecule has 4 rings (SSSR count). The van der Waals surface area contributed by atoms with Gasteiger partial charge in [-0.15, -0.1) is 0 Å². The monoisotopic (exact) mass is 409 g/mol. The highest BCUT2D eigenvalue weighted by atomic mass is 19.1. The third kappa shape index (κ3) is 3.49. The number of urea groups is 1. The lowest BCUT2D eigenvalue weighted by Gasteiger charge is -2.22. The van der Waals surface area contributed by atoms with Crippen molar-refractivity contribution in [3.8, 4) is 0 Å². The number of nitrogens with one attached hydrogen (secondary N) is 3. The fourth-order valence-corrected chi connectivity index (χ4v) is 3.42. The molecule has 0 radical (unpaired) electrons. The molecule has 2 heterocycles. The number of aromatic nitrogens is 2. The van der Waals surface area contributed by atoms with Gasteiger partial charge in [-0.1, -0.05) is 29.8 Å². The molecule has 0 bridgehead atoms. The van der Waals surface area contributed by atoms with E-state index in [4.69, 9.17) is 0 Å². The van der Waals surface area contributed by atoms with Gasteiger partial charge in [0.1, 0.15) is 23.7 Å². The number of aryl methyl sites for hydroxylation is 1. The third-order valence-corrected chi connectivity index (χ3v) is 5.15. The van der Waals surface area contributed by atoms with Crippen molar-refractivity contribution in [3.05, 3.63) is 65.2 Å². The molecule has 30 heavy (non-hydrogen) atoms. The number of imidazole rings is 1. The van der Waals surface area contributed by atoms with Gasteiger partial charge in [-0.25, -0.2) is 14.2 Å². The predicted octanol–water partition coefficient (Wildman–Crippen LogP) is 2.09. The standard InChI is InChI=1S/C21H20FN5O3/c1-12-3-5-13(6-4-12)21(2)19(29)27(20(30)26-21)11-18(28)23-10-17-24-15-8-7-14(22)9-16(15)25-17/h3-9H,10-11H2,1-2H3,(H,23,28)(H,24,25)(H,26,30). The number of rotatable bonds is 5. The van der Waals surface area contributed by atoms with Crippen LogP contribution in [0, 0.1) is 12.7 Å². The van der Waals surface area contributed by atoms with E-state index in [1.54, 1.807) is 19.1 Å². The Hall–Kier alpha value is -3.75. The van der Waals surface area contributed by atoms with E-state index >= 15 is 0 Å². The first-order chi connectivity index (χ1) is 14.3. The van der Waals surface area contributed by atoms with E-state index in [1.807, 2.05) is 19.1 Å². The molecule has 2 aromatic carbocycles. The maximum atomic E-state index is 13.3. The van der Waals surface area contributed by atoms with Crippen LogP contribution < -0.4 is 10.6 Å². The Bertz CT molecular complexity index is 1160. The number of fused-ring (bicyclic) bond motifs is 1. The summed E-state index contributed by atoms with van der Waals surface area (Å²) in [5, 5.41) is 5.29. The number of carbonyl (C=O) groups excluding carboxylic acids is 3. The van der Waals surface area contributed by atoms with E-state index in [0.29, 0.717) is 22.4 Å². The fraction of sp³-hybridized carbons (Fsp3) is 0.238. The first-order valence-corrected chi connectivity index (χ1v) is 9.38. The van der Waals surface area contributed by atoms with Crippen LogP contribution in [0.1, 0.15) is 23.9 Å². The van der Waals surface area contributed by atoms with Gasteiger partial charge in [0, 0.05) is 0 Å². The van der Waals surface area contributed by atoms with Gasteiger partial charge in [-0.2, -0.15) is 0 Å². The Morgan fingerprint density at radius 1 is 1.20 bits per heavy atom. The van der Waals surface area contributed by atoms with Crippen molar-refractivity contribution in [2.75, 3.05) is 6.54 Å². The predicted molar refractivity (Wildman–Crippen MR) is 107 cm³/mol. The van der Waals surface area contributed by atoms with Gasteiger partial charge in [0.25, 0.3) is 5.91 Å². The highest BCUT2D eigenvalue weighted by Gasteiger charge is 2.49. The molecule has 9 heteroatoms. The van der Waals surface area contributed by atoms with Crippen molar-refractivity contribution in [3.63, 3.8) is 0 Å². The summed E-state index contributed by atoms with van der Waals surface area (Å²) in [4.78, 5) is 45.7. The number of carbonyl (C=O) groups is 3. The summed E-state index contributed by atoms with van der Waals surface area (Å²) in [6.07, 6.45) is 0. The van der Waals surface area contributed by atoms with Gasteiger partial charge in [0.05, 0.1) is 17.6 Å². The van der Waals surface area contributed by atoms with E-state index in [-0.39, 0.29) is 6.54 Å². The van der Waals surface area contributed by atoms with Crippen LogP contribution in [0.15, 0.2) is 42.5 Å². The van der Waals surface area contributed by atoms with Crippen LogP contribution >= 0.6 is 0 Å². The Morgan fingerprint density at radius 3 is 2.67 bits per heavy atom. The van der Waals surface area contributed by atoms with Crippen LogP contribution in [0.2, 0.25) is 0 Å². The van der Waals surface area contributed by atoms with Crippen molar-refractivity contribution in [2.24, 2.45) is 0 Å². The molecule has 1 saturated heterocycles. The van der Waals surface area contributed by atoms with Gasteiger partial charge < -0.3 is 15.6 Å². The molecule has 0 spiro atoms. The van der Waals surface area contributed by atoms with Crippen LogP contribution in [0.5, 0.6) is 0 Å². The number of H-pyrrole nitrogens is 1. The Labute approximate surface area is 171 Å². The average molecular weight is 409 g/mol. The van der Waals surface area contributed by atoms with E-state index < -0.39 is 35.7 Å². The zero-order chi connectivity index (χ0) is 21.5. The van der Waals surface area contributed by atoms with Crippen molar-refractivity contribution < 1.29 is 18.8 Å². The Morgan fingerprint density at radius 2 is 1.93 bits per heavy atom. The van der Waals surface area contributed by atoms with E-state index in [2.05, 4.69) is 20.6 Å². The van der Waals surface area contributed by atoms with E-state index in [0.717, 1.165) is 10.5 Å². The normalized spacial score (nSPS) is 18.7. The second-order valence-corrected chi connectivity index (χ2v) is 7.43. The van der Waals surface area contributed by atoms with Crippen molar-refractivity contribution in [2.45, 2.75) is 25.9 Å². The number of nitrogens with zero attached hydrogens (tertiary/aromatic N) is 2. The maximum Gasteiger partial charge on any atom is 0.325 e. The second kappa shape index (κ2) is 7.25. The molecule has 154 valence electrons. The smallest absolute Gasteiger partial charge is 0.325 e. The fourth-order valence-electron chi connectivity index (χ4n) is 3.42. The minimum Gasteiger partial charge on any atom is -0.347 e. The lowest BCUT2D eigenvalue weighted by Crippen LogP contribution is -2.43. The Balaban J connectivity index is 1.41. The number of benzene rings is 2. The lowest BCUT2D eigenvalue weighted by molar-refractivity contribution is -0.134. The number of hydrogen-bond acceptors (Lipinski definition) is 4. The lowest BCUT2D eigenvalue weighted by atomic mass is 9.91. The molecule has 3 N–H and O–H groups in total. The molecule has 1 unspecified atom stereocenters. The first-order valence-electron chi connectivity index (χ1n) is 9.38. The molecule has 1 fully saturated rings. The molecule has 1 aliphatic rings. The van der Waals surface area contributed by atoms with Gasteiger partial charge in [0.15, 0.2) is 0 Å². The molecular formula is C21H20FN5O3. The van der Waals surface area contributed by atoms with E-state index in [9.17, 15) is 18.8 Å². The molecule has 0 aliphatic carbocycles. The quantitative estimate of drug-likeness (QED) is 0.561. The zero-order valence-electron chi connectivity index (χ0n) is 16.5. The summed E-state index contributed by atoms with van der Waals surface area (Å²) >= 11 is 0. The number of amides is 4. The highest BCUT2D eigenvalue weighted by Crippen LogP contribution is 2.28. The molecule has 0 saturated carbocycles. The van der Waals surface area contributed by atoms with Crippen LogP contribution in [-0.4, -0.2) is 39.3 Å². The molecule has 3 aromatic rings. The topological polar surface area (TPSA) is 107 Å². The SMILES string of the molecule is Cc1ccc(C2(C)NC(=O)N(CC(=O)NCc3nc4ccc(F)cc4[nH]3)C2=O)cc1. The minimum absolute atomic E-state index is 0.0496. The highest BCUT2D eigenvalue weighted by molar-refractivity contribution is 6.09. The third-order valence-electron chi connectivity index (χ3n) is 5.15. The van der Waals surface area contributed by atoms with E-state index in [1.165, 1.54) is 18.2 Å². The van der Waals surface area contributed by atoms with Crippen LogP contribution in [0.25, 0.3) is 11.0 Å². The van der Waals surface area contributed by atoms with Crippen LogP contribution in [0.3, 0.4) is 0 Å². The number of halogens is 1. The summed E-state index contributed by atoms with van der Waals surface area (Å²) in [5.74, 6) is -0.966. The number of aromatic amines is 1. The van der Waals surface area contributed by atoms with Crippen LogP contribution in [0.4, 0.5) is 9.18 Å². The zero-order valence-corrected chi connectivity index (χ0v) is 16.5. The van der Waals surface area contributed by atoms with Crippen LogP contribution in [-0.2, 0) is 21.7 Å². The average Bonchev–Trinajstić information content (AvgIpc) is 3.20. The maximum absolute atomic E-state index is 13.3. The number of hydrogen-bond donors (Lipinski definition) is 3. The van der Waals surface area contributed by atoms with Crippen molar-refractivity contribution in [1.29, 1.82) is 0 Å². The molecule has 4 amide bonds. The van der Waals surface area contributed by atoms with Gasteiger partial charge in [-0.3, -0.25) is 14.5 Å². The summed E-state index contributed by atoms with van der Waals surface area (Å²) < 4.78 is 13.3. The summed E-state index contributed by atoms with van der Waals surface area (Å²) in [6, 6.07) is 10.8. The largest absolute Gasteiger partial charge is 0.347 e. The number of imide groups is 1. The summed E-state index contributed by atoms with van der Waals surface area (Å²) in [5.41, 5.74) is 1.53. The molecule has 8 nitrogen and oxygen atoms in total.